The quantitative estimate of drug-likeness (QED) is 0.0625. The molecular weight excluding hydrogens is 509 g/mol. The second kappa shape index (κ2) is 25.3. The summed E-state index contributed by atoms with van der Waals surface area (Å²) in [6, 6.07) is 0. The molecule has 3 N–H and O–H groups in total. The van der Waals surface area contributed by atoms with Gasteiger partial charge in [0.15, 0.2) is 6.10 Å². The van der Waals surface area contributed by atoms with E-state index < -0.39 is 32.5 Å². The van der Waals surface area contributed by atoms with E-state index >= 15 is 0 Å². The third kappa shape index (κ3) is 24.3. The van der Waals surface area contributed by atoms with Crippen molar-refractivity contribution in [1.82, 2.24) is 0 Å². The number of carbonyl (C=O) groups is 2. The number of unbranched alkanes of at least 4 members (excludes halogenated alkanes) is 4. The van der Waals surface area contributed by atoms with Gasteiger partial charge in [0, 0.05) is 19.4 Å². The first kappa shape index (κ1) is 36.0. The van der Waals surface area contributed by atoms with Gasteiger partial charge < -0.3 is 20.1 Å². The zero-order valence-electron chi connectivity index (χ0n) is 23.1. The fourth-order valence-corrected chi connectivity index (χ4v) is 3.72. The summed E-state index contributed by atoms with van der Waals surface area (Å²) < 4.78 is 31.5. The van der Waals surface area contributed by atoms with Crippen molar-refractivity contribution in [1.29, 1.82) is 0 Å². The summed E-state index contributed by atoms with van der Waals surface area (Å²) in [5.74, 6) is -1.00. The molecular formula is C28H48NO8P. The Kier molecular flexibility index (Phi) is 23.9. The third-order valence-electron chi connectivity index (χ3n) is 5.02. The van der Waals surface area contributed by atoms with Crippen molar-refractivity contribution in [2.24, 2.45) is 5.73 Å². The number of nitrogens with two attached hydrogens (primary N) is 1. The Labute approximate surface area is 228 Å². The molecule has 1 unspecified atom stereocenters. The molecule has 0 fully saturated rings. The van der Waals surface area contributed by atoms with Crippen molar-refractivity contribution >= 4 is 19.8 Å². The number of rotatable bonds is 24. The molecule has 0 spiro atoms. The number of carbonyl (C=O) groups excluding carboxylic acids is 2. The summed E-state index contributed by atoms with van der Waals surface area (Å²) in [6.07, 6.45) is 25.4. The molecule has 0 aliphatic heterocycles. The fourth-order valence-electron chi connectivity index (χ4n) is 2.96. The van der Waals surface area contributed by atoms with Crippen LogP contribution in [0.25, 0.3) is 0 Å². The maximum absolute atomic E-state index is 12.2. The normalized spacial score (nSPS) is 14.5. The highest BCUT2D eigenvalue weighted by Gasteiger charge is 2.25. The molecule has 0 amide bonds. The third-order valence-corrected chi connectivity index (χ3v) is 6.01. The average molecular weight is 558 g/mol. The summed E-state index contributed by atoms with van der Waals surface area (Å²) in [6.45, 7) is 2.97. The van der Waals surface area contributed by atoms with Crippen molar-refractivity contribution in [3.63, 3.8) is 0 Å². The van der Waals surface area contributed by atoms with E-state index in [2.05, 4.69) is 47.9 Å². The fraction of sp³-hybridized carbons (Fsp3) is 0.643. The smallest absolute Gasteiger partial charge is 0.462 e. The Morgan fingerprint density at radius 2 is 1.39 bits per heavy atom. The SMILES string of the molecule is CCCCC/C=C/C/C=C/C/C=C/C/C=C/CCCC(=O)O[C@H](COC(=O)CC)COP(=O)(O)OCCN. The molecule has 38 heavy (non-hydrogen) atoms. The molecule has 0 aromatic rings. The van der Waals surface area contributed by atoms with Crippen LogP contribution in [0, 0.1) is 0 Å². The molecule has 0 rings (SSSR count). The van der Waals surface area contributed by atoms with Gasteiger partial charge in [-0.3, -0.25) is 18.6 Å². The molecule has 10 heteroatoms. The highest BCUT2D eigenvalue weighted by Crippen LogP contribution is 2.43. The molecule has 0 heterocycles. The average Bonchev–Trinajstić information content (AvgIpc) is 2.90. The van der Waals surface area contributed by atoms with E-state index in [1.807, 2.05) is 12.2 Å². The van der Waals surface area contributed by atoms with Gasteiger partial charge in [0.2, 0.25) is 0 Å². The van der Waals surface area contributed by atoms with Crippen molar-refractivity contribution in [2.45, 2.75) is 90.6 Å². The van der Waals surface area contributed by atoms with Gasteiger partial charge in [-0.05, 0) is 44.9 Å². The summed E-state index contributed by atoms with van der Waals surface area (Å²) in [5, 5.41) is 0. The van der Waals surface area contributed by atoms with Crippen molar-refractivity contribution in [2.75, 3.05) is 26.4 Å². The number of ether oxygens (including phenoxy) is 2. The first-order chi connectivity index (χ1) is 18.3. The van der Waals surface area contributed by atoms with Crippen LogP contribution in [0.2, 0.25) is 0 Å². The van der Waals surface area contributed by atoms with Gasteiger partial charge in [0.25, 0.3) is 0 Å². The lowest BCUT2D eigenvalue weighted by molar-refractivity contribution is -0.161. The number of esters is 2. The van der Waals surface area contributed by atoms with Crippen LogP contribution in [0.3, 0.4) is 0 Å². The van der Waals surface area contributed by atoms with Crippen molar-refractivity contribution < 1.29 is 37.6 Å². The van der Waals surface area contributed by atoms with Crippen LogP contribution in [0.1, 0.15) is 84.5 Å². The topological polar surface area (TPSA) is 134 Å². The largest absolute Gasteiger partial charge is 0.472 e. The summed E-state index contributed by atoms with van der Waals surface area (Å²) in [4.78, 5) is 33.2. The van der Waals surface area contributed by atoms with Gasteiger partial charge in [-0.2, -0.15) is 0 Å². The number of phosphoric acid groups is 1. The number of allylic oxidation sites excluding steroid dienone is 8. The van der Waals surface area contributed by atoms with Crippen LogP contribution >= 0.6 is 7.82 Å². The van der Waals surface area contributed by atoms with E-state index in [1.165, 1.54) is 25.7 Å². The lowest BCUT2D eigenvalue weighted by Gasteiger charge is -2.19. The number of hydrogen-bond acceptors (Lipinski definition) is 8. The zero-order valence-corrected chi connectivity index (χ0v) is 24.0. The lowest BCUT2D eigenvalue weighted by Crippen LogP contribution is -2.29. The summed E-state index contributed by atoms with van der Waals surface area (Å²) in [7, 11) is -4.35. The molecule has 0 aromatic carbocycles. The van der Waals surface area contributed by atoms with E-state index in [0.29, 0.717) is 12.8 Å². The summed E-state index contributed by atoms with van der Waals surface area (Å²) >= 11 is 0. The van der Waals surface area contributed by atoms with E-state index in [9.17, 15) is 19.0 Å². The Hall–Kier alpha value is -2.03. The number of phosphoric ester groups is 1. The zero-order chi connectivity index (χ0) is 28.3. The Bertz CT molecular complexity index is 779. The molecule has 9 nitrogen and oxygen atoms in total. The molecule has 218 valence electrons. The first-order valence-electron chi connectivity index (χ1n) is 13.6. The first-order valence-corrected chi connectivity index (χ1v) is 15.1. The Morgan fingerprint density at radius 3 is 1.95 bits per heavy atom. The van der Waals surface area contributed by atoms with Gasteiger partial charge in [-0.25, -0.2) is 4.57 Å². The Morgan fingerprint density at radius 1 is 0.816 bits per heavy atom. The maximum atomic E-state index is 12.2. The molecule has 0 aromatic heterocycles. The van der Waals surface area contributed by atoms with E-state index in [-0.39, 0.29) is 32.6 Å². The predicted octanol–water partition coefficient (Wildman–Crippen LogP) is 6.09. The predicted molar refractivity (Wildman–Crippen MR) is 150 cm³/mol. The highest BCUT2D eigenvalue weighted by molar-refractivity contribution is 7.47. The van der Waals surface area contributed by atoms with Crippen LogP contribution < -0.4 is 5.73 Å². The second-order valence-electron chi connectivity index (χ2n) is 8.52. The molecule has 0 saturated carbocycles. The minimum atomic E-state index is -4.35. The van der Waals surface area contributed by atoms with Gasteiger partial charge in [-0.1, -0.05) is 75.3 Å². The van der Waals surface area contributed by atoms with Crippen molar-refractivity contribution in [3.8, 4) is 0 Å². The van der Waals surface area contributed by atoms with E-state index in [0.717, 1.165) is 19.3 Å². The van der Waals surface area contributed by atoms with Gasteiger partial charge in [0.05, 0.1) is 13.2 Å². The standard InChI is InChI=1S/C28H48NO8P/c1-3-5-6-7-8-9-10-11-12-13-14-15-16-17-18-19-20-21-28(31)37-26(24-34-27(30)4-2)25-36-38(32,33)35-23-22-29/h8-9,11-12,14-15,17-18,26H,3-7,10,13,16,19-25,29H2,1-2H3,(H,32,33)/b9-8+,12-11+,15-14+,18-17+/t26-/m1/s1. The van der Waals surface area contributed by atoms with Crippen LogP contribution in [0.15, 0.2) is 48.6 Å². The molecule has 0 aliphatic rings. The van der Waals surface area contributed by atoms with Crippen LogP contribution in [-0.2, 0) is 32.7 Å². The van der Waals surface area contributed by atoms with E-state index in [4.69, 9.17) is 19.7 Å². The van der Waals surface area contributed by atoms with Crippen LogP contribution in [0.4, 0.5) is 0 Å². The highest BCUT2D eigenvalue weighted by atomic mass is 31.2. The monoisotopic (exact) mass is 557 g/mol. The number of hydrogen-bond donors (Lipinski definition) is 2. The molecule has 2 atom stereocenters. The molecule has 0 bridgehead atoms. The minimum absolute atomic E-state index is 0.0415. The van der Waals surface area contributed by atoms with Gasteiger partial charge in [0.1, 0.15) is 6.61 Å². The molecule has 0 aliphatic carbocycles. The van der Waals surface area contributed by atoms with Gasteiger partial charge >= 0.3 is 19.8 Å². The summed E-state index contributed by atoms with van der Waals surface area (Å²) in [5.41, 5.74) is 5.24. The maximum Gasteiger partial charge on any atom is 0.472 e. The van der Waals surface area contributed by atoms with Crippen molar-refractivity contribution in [3.05, 3.63) is 48.6 Å². The van der Waals surface area contributed by atoms with Crippen LogP contribution in [0.5, 0.6) is 0 Å². The Balaban J connectivity index is 4.16. The molecule has 0 radical (unpaired) electrons. The van der Waals surface area contributed by atoms with Crippen LogP contribution in [-0.4, -0.2) is 49.3 Å². The van der Waals surface area contributed by atoms with E-state index in [1.54, 1.807) is 6.92 Å². The second-order valence-corrected chi connectivity index (χ2v) is 9.97. The molecule has 0 saturated heterocycles. The van der Waals surface area contributed by atoms with Gasteiger partial charge in [-0.15, -0.1) is 0 Å². The lowest BCUT2D eigenvalue weighted by atomic mass is 10.2. The minimum Gasteiger partial charge on any atom is -0.462 e.